The number of hydrogen-bond acceptors (Lipinski definition) is 3. The normalized spacial score (nSPS) is 18.3. The maximum absolute atomic E-state index is 13.1. The summed E-state index contributed by atoms with van der Waals surface area (Å²) in [6.45, 7) is 6.84. The number of pyridine rings is 1. The molecule has 0 bridgehead atoms. The molecule has 0 saturated carbocycles. The van der Waals surface area contributed by atoms with Crippen molar-refractivity contribution in [3.63, 3.8) is 0 Å². The second-order valence-electron chi connectivity index (χ2n) is 6.31. The van der Waals surface area contributed by atoms with Gasteiger partial charge in [0, 0.05) is 24.2 Å². The van der Waals surface area contributed by atoms with Crippen molar-refractivity contribution in [1.82, 2.24) is 15.2 Å². The number of benzene rings is 1. The van der Waals surface area contributed by atoms with Gasteiger partial charge in [-0.15, -0.1) is 0 Å². The highest BCUT2D eigenvalue weighted by atomic mass is 16.2. The number of aromatic nitrogens is 1. The molecular weight excluding hydrogens is 290 g/mol. The van der Waals surface area contributed by atoms with Gasteiger partial charge in [-0.05, 0) is 25.0 Å². The molecule has 1 aromatic carbocycles. The van der Waals surface area contributed by atoms with E-state index in [9.17, 15) is 9.59 Å². The summed E-state index contributed by atoms with van der Waals surface area (Å²) < 4.78 is 0. The first-order chi connectivity index (χ1) is 11.0. The molecule has 1 atom stereocenters. The quantitative estimate of drug-likeness (QED) is 0.924. The van der Waals surface area contributed by atoms with Gasteiger partial charge in [-0.25, -0.2) is 0 Å². The average Bonchev–Trinajstić information content (AvgIpc) is 2.53. The second kappa shape index (κ2) is 5.99. The molecule has 1 saturated heterocycles. The number of aryl methyl sites for hydroxylation is 1. The number of nitrogens with one attached hydrogen (secondary N) is 1. The number of carbonyl (C=O) groups is 2. The number of rotatable bonds is 2. The predicted molar refractivity (Wildman–Crippen MR) is 89.2 cm³/mol. The van der Waals surface area contributed by atoms with E-state index in [-0.39, 0.29) is 17.7 Å². The summed E-state index contributed by atoms with van der Waals surface area (Å²) in [5.41, 5.74) is 2.13. The van der Waals surface area contributed by atoms with E-state index in [1.807, 2.05) is 45.0 Å². The number of fused-ring (bicyclic) bond motifs is 1. The molecule has 1 aromatic heterocycles. The number of hydrogen-bond donors (Lipinski definition) is 1. The van der Waals surface area contributed by atoms with E-state index in [0.29, 0.717) is 24.2 Å². The Morgan fingerprint density at radius 3 is 2.83 bits per heavy atom. The number of amides is 2. The van der Waals surface area contributed by atoms with E-state index in [0.717, 1.165) is 11.1 Å². The fraction of sp³-hybridized carbons (Fsp3) is 0.389. The van der Waals surface area contributed by atoms with E-state index in [2.05, 4.69) is 10.3 Å². The van der Waals surface area contributed by atoms with Crippen LogP contribution < -0.4 is 5.32 Å². The largest absolute Gasteiger partial charge is 0.353 e. The van der Waals surface area contributed by atoms with Crippen molar-refractivity contribution in [2.45, 2.75) is 26.8 Å². The van der Waals surface area contributed by atoms with Crippen molar-refractivity contribution in [3.05, 3.63) is 41.6 Å². The number of para-hydroxylation sites is 1. The fourth-order valence-electron chi connectivity index (χ4n) is 3.15. The third-order valence-corrected chi connectivity index (χ3v) is 4.24. The summed E-state index contributed by atoms with van der Waals surface area (Å²) >= 11 is 0. The first kappa shape index (κ1) is 15.5. The monoisotopic (exact) mass is 311 g/mol. The molecule has 2 heterocycles. The summed E-state index contributed by atoms with van der Waals surface area (Å²) in [6.07, 6.45) is 0. The van der Waals surface area contributed by atoms with E-state index in [1.54, 1.807) is 11.0 Å². The van der Waals surface area contributed by atoms with Gasteiger partial charge in [0.05, 0.1) is 11.1 Å². The maximum Gasteiger partial charge on any atom is 0.256 e. The highest BCUT2D eigenvalue weighted by molar-refractivity contribution is 6.07. The van der Waals surface area contributed by atoms with Gasteiger partial charge in [-0.2, -0.15) is 0 Å². The van der Waals surface area contributed by atoms with Crippen LogP contribution in [-0.4, -0.2) is 40.8 Å². The highest BCUT2D eigenvalue weighted by Crippen LogP contribution is 2.22. The molecule has 23 heavy (non-hydrogen) atoms. The number of carbonyl (C=O) groups excluding carboxylic acids is 2. The van der Waals surface area contributed by atoms with Gasteiger partial charge in [0.25, 0.3) is 5.91 Å². The minimum absolute atomic E-state index is 0.0592. The van der Waals surface area contributed by atoms with Crippen LogP contribution >= 0.6 is 0 Å². The van der Waals surface area contributed by atoms with Crippen molar-refractivity contribution in [2.24, 2.45) is 5.92 Å². The third kappa shape index (κ3) is 2.79. The van der Waals surface area contributed by atoms with Gasteiger partial charge in [-0.3, -0.25) is 14.6 Å². The lowest BCUT2D eigenvalue weighted by Gasteiger charge is -2.37. The maximum atomic E-state index is 13.1. The van der Waals surface area contributed by atoms with Gasteiger partial charge in [0.2, 0.25) is 5.91 Å². The smallest absolute Gasteiger partial charge is 0.256 e. The van der Waals surface area contributed by atoms with Crippen LogP contribution in [0.4, 0.5) is 0 Å². The van der Waals surface area contributed by atoms with E-state index >= 15 is 0 Å². The molecule has 5 nitrogen and oxygen atoms in total. The van der Waals surface area contributed by atoms with Gasteiger partial charge >= 0.3 is 0 Å². The molecule has 5 heteroatoms. The molecular formula is C18H21N3O2. The van der Waals surface area contributed by atoms with Crippen LogP contribution in [0.25, 0.3) is 10.9 Å². The lowest BCUT2D eigenvalue weighted by Crippen LogP contribution is -2.59. The first-order valence-electron chi connectivity index (χ1n) is 7.94. The molecule has 0 aliphatic carbocycles. The third-order valence-electron chi connectivity index (χ3n) is 4.24. The molecule has 1 N–H and O–H groups in total. The Hall–Kier alpha value is -2.43. The standard InChI is InChI=1S/C18H21N3O2/c1-11(2)16-17(22)19-9-10-21(16)18(23)14-6-4-5-13-8-7-12(3)20-15(13)14/h4-8,11,16H,9-10H2,1-3H3,(H,19,22)/t16-/m1/s1. The van der Waals surface area contributed by atoms with E-state index in [1.165, 1.54) is 0 Å². The Morgan fingerprint density at radius 2 is 2.09 bits per heavy atom. The Labute approximate surface area is 135 Å². The van der Waals surface area contributed by atoms with Crippen LogP contribution in [0.3, 0.4) is 0 Å². The summed E-state index contributed by atoms with van der Waals surface area (Å²) in [5.74, 6) is -0.143. The Kier molecular flexibility index (Phi) is 4.03. The van der Waals surface area contributed by atoms with Crippen molar-refractivity contribution < 1.29 is 9.59 Å². The zero-order chi connectivity index (χ0) is 16.6. The lowest BCUT2D eigenvalue weighted by molar-refractivity contribution is -0.129. The van der Waals surface area contributed by atoms with Crippen LogP contribution in [0, 0.1) is 12.8 Å². The van der Waals surface area contributed by atoms with Gasteiger partial charge in [-0.1, -0.05) is 32.0 Å². The van der Waals surface area contributed by atoms with Crippen molar-refractivity contribution in [3.8, 4) is 0 Å². The van der Waals surface area contributed by atoms with E-state index in [4.69, 9.17) is 0 Å². The zero-order valence-corrected chi connectivity index (χ0v) is 13.7. The number of piperazine rings is 1. The predicted octanol–water partition coefficient (Wildman–Crippen LogP) is 2.14. The second-order valence-corrected chi connectivity index (χ2v) is 6.31. The van der Waals surface area contributed by atoms with Gasteiger partial charge < -0.3 is 10.2 Å². The van der Waals surface area contributed by atoms with Crippen LogP contribution in [0.2, 0.25) is 0 Å². The summed E-state index contributed by atoms with van der Waals surface area (Å²) in [7, 11) is 0. The minimum Gasteiger partial charge on any atom is -0.353 e. The molecule has 1 aliphatic rings. The van der Waals surface area contributed by atoms with Crippen LogP contribution in [-0.2, 0) is 4.79 Å². The molecule has 3 rings (SSSR count). The van der Waals surface area contributed by atoms with Gasteiger partial charge in [0.1, 0.15) is 6.04 Å². The molecule has 2 aromatic rings. The van der Waals surface area contributed by atoms with Crippen LogP contribution in [0.5, 0.6) is 0 Å². The highest BCUT2D eigenvalue weighted by Gasteiger charge is 2.36. The van der Waals surface area contributed by atoms with Crippen molar-refractivity contribution in [2.75, 3.05) is 13.1 Å². The Bertz CT molecular complexity index is 770. The molecule has 2 amide bonds. The lowest BCUT2D eigenvalue weighted by atomic mass is 9.98. The SMILES string of the molecule is Cc1ccc2cccc(C(=O)N3CCNC(=O)[C@H]3C(C)C)c2n1. The summed E-state index contributed by atoms with van der Waals surface area (Å²) in [5, 5.41) is 3.78. The molecule has 1 fully saturated rings. The molecule has 0 unspecified atom stereocenters. The zero-order valence-electron chi connectivity index (χ0n) is 13.7. The van der Waals surface area contributed by atoms with Gasteiger partial charge in [0.15, 0.2) is 0 Å². The fourth-order valence-corrected chi connectivity index (χ4v) is 3.15. The Morgan fingerprint density at radius 1 is 1.30 bits per heavy atom. The minimum atomic E-state index is -0.434. The van der Waals surface area contributed by atoms with Crippen molar-refractivity contribution >= 4 is 22.7 Å². The van der Waals surface area contributed by atoms with E-state index < -0.39 is 6.04 Å². The summed E-state index contributed by atoms with van der Waals surface area (Å²) in [4.78, 5) is 31.5. The first-order valence-corrected chi connectivity index (χ1v) is 7.94. The molecule has 1 aliphatic heterocycles. The molecule has 0 spiro atoms. The average molecular weight is 311 g/mol. The molecule has 0 radical (unpaired) electrons. The summed E-state index contributed by atoms with van der Waals surface area (Å²) in [6, 6.07) is 9.07. The topological polar surface area (TPSA) is 62.3 Å². The number of nitrogens with zero attached hydrogens (tertiary/aromatic N) is 2. The van der Waals surface area contributed by atoms with Crippen LogP contribution in [0.15, 0.2) is 30.3 Å². The van der Waals surface area contributed by atoms with Crippen LogP contribution in [0.1, 0.15) is 29.9 Å². The Balaban J connectivity index is 2.06. The molecule has 120 valence electrons. The van der Waals surface area contributed by atoms with Crippen molar-refractivity contribution in [1.29, 1.82) is 0 Å².